The van der Waals surface area contributed by atoms with Crippen molar-refractivity contribution in [3.8, 4) is 0 Å². The zero-order valence-electron chi connectivity index (χ0n) is 23.1. The zero-order chi connectivity index (χ0) is 27.4. The first-order chi connectivity index (χ1) is 18.5. The minimum atomic E-state index is -0.467. The van der Waals surface area contributed by atoms with Gasteiger partial charge in [-0.25, -0.2) is 4.98 Å². The van der Waals surface area contributed by atoms with Crippen LogP contribution in [0, 0.1) is 12.1 Å². The Morgan fingerprint density at radius 3 is 2.24 bits per heavy atom. The van der Waals surface area contributed by atoms with E-state index in [2.05, 4.69) is 78.0 Å². The van der Waals surface area contributed by atoms with Crippen LogP contribution in [0.4, 0.5) is 0 Å². The molecule has 0 bridgehead atoms. The summed E-state index contributed by atoms with van der Waals surface area (Å²) in [6.45, 7) is 4.90. The molecule has 1 fully saturated rings. The third kappa shape index (κ3) is 12.2. The molecular formula is C31H44N4O3. The van der Waals surface area contributed by atoms with Gasteiger partial charge < -0.3 is 15.4 Å². The maximum Gasteiger partial charge on any atom is 0.319 e. The number of amides is 2. The van der Waals surface area contributed by atoms with Crippen LogP contribution in [0.1, 0.15) is 87.3 Å². The summed E-state index contributed by atoms with van der Waals surface area (Å²) in [5.41, 5.74) is 0.511. The molecule has 7 heteroatoms. The van der Waals surface area contributed by atoms with E-state index in [1.54, 1.807) is 6.92 Å². The lowest BCUT2D eigenvalue weighted by atomic mass is 10.1. The van der Waals surface area contributed by atoms with Crippen molar-refractivity contribution in [3.63, 3.8) is 0 Å². The third-order valence-electron chi connectivity index (χ3n) is 6.28. The molecule has 1 atom stereocenters. The number of carbonyl (C=O) groups is 2. The second kappa shape index (κ2) is 18.7. The molecule has 0 unspecified atom stereocenters. The minimum Gasteiger partial charge on any atom is -0.618 e. The Labute approximate surface area is 228 Å². The van der Waals surface area contributed by atoms with Crippen molar-refractivity contribution >= 4 is 11.8 Å². The second-order valence-electron chi connectivity index (χ2n) is 9.43. The highest BCUT2D eigenvalue weighted by atomic mass is 16.5. The monoisotopic (exact) mass is 520 g/mol. The van der Waals surface area contributed by atoms with Crippen LogP contribution in [0.25, 0.3) is 0 Å². The van der Waals surface area contributed by atoms with Crippen LogP contribution in [0.3, 0.4) is 0 Å². The molecule has 1 aromatic heterocycles. The first-order valence-corrected chi connectivity index (χ1v) is 13.9. The smallest absolute Gasteiger partial charge is 0.319 e. The summed E-state index contributed by atoms with van der Waals surface area (Å²) in [5.74, 6) is -0.338. The van der Waals surface area contributed by atoms with Gasteiger partial charge in [-0.1, -0.05) is 67.7 Å². The van der Waals surface area contributed by atoms with Crippen molar-refractivity contribution < 1.29 is 14.3 Å². The van der Waals surface area contributed by atoms with E-state index in [-0.39, 0.29) is 17.6 Å². The van der Waals surface area contributed by atoms with Gasteiger partial charge in [-0.2, -0.15) is 4.73 Å². The van der Waals surface area contributed by atoms with Crippen molar-refractivity contribution in [3.05, 3.63) is 89.7 Å². The largest absolute Gasteiger partial charge is 0.618 e. The van der Waals surface area contributed by atoms with E-state index in [4.69, 9.17) is 0 Å². The number of allylic oxidation sites excluding steroid dienone is 10. The van der Waals surface area contributed by atoms with Gasteiger partial charge in [0.15, 0.2) is 0 Å². The Morgan fingerprint density at radius 1 is 1.03 bits per heavy atom. The van der Waals surface area contributed by atoms with Crippen LogP contribution >= 0.6 is 0 Å². The molecule has 2 heterocycles. The maximum absolute atomic E-state index is 12.7. The van der Waals surface area contributed by atoms with Crippen molar-refractivity contribution in [2.45, 2.75) is 84.1 Å². The van der Waals surface area contributed by atoms with Crippen LogP contribution in [-0.2, 0) is 4.79 Å². The van der Waals surface area contributed by atoms with Crippen LogP contribution < -0.4 is 10.0 Å². The van der Waals surface area contributed by atoms with E-state index < -0.39 is 5.91 Å². The number of hydrogen-bond donors (Lipinski definition) is 1. The van der Waals surface area contributed by atoms with Crippen molar-refractivity contribution in [1.29, 1.82) is 0 Å². The first-order valence-electron chi connectivity index (χ1n) is 13.9. The van der Waals surface area contributed by atoms with Gasteiger partial charge in [0.25, 0.3) is 5.69 Å². The van der Waals surface area contributed by atoms with E-state index in [1.165, 1.54) is 12.4 Å². The number of aromatic nitrogens is 2. The fourth-order valence-corrected chi connectivity index (χ4v) is 4.21. The number of rotatable bonds is 16. The predicted molar refractivity (Wildman–Crippen MR) is 153 cm³/mol. The second-order valence-corrected chi connectivity index (χ2v) is 9.43. The molecule has 1 aliphatic heterocycles. The quantitative estimate of drug-likeness (QED) is 0.132. The van der Waals surface area contributed by atoms with Crippen molar-refractivity contribution in [2.75, 3.05) is 13.1 Å². The number of aryl methyl sites for hydroxylation is 1. The van der Waals surface area contributed by atoms with Gasteiger partial charge >= 0.3 is 5.91 Å². The Morgan fingerprint density at radius 2 is 1.63 bits per heavy atom. The van der Waals surface area contributed by atoms with E-state index >= 15 is 0 Å². The van der Waals surface area contributed by atoms with Gasteiger partial charge in [0.1, 0.15) is 11.9 Å². The van der Waals surface area contributed by atoms with Gasteiger partial charge in [0.2, 0.25) is 12.1 Å². The maximum atomic E-state index is 12.7. The normalized spacial score (nSPS) is 16.3. The number of likely N-dealkylation sites (tertiary alicyclic amines) is 1. The molecule has 2 amide bonds. The SMILES string of the molecule is CCC=CCC=CCC=CCC=CCC=CCCCC(=O)N1CCC[C@H]1CNC(=O)c1cnc(C)c[n+]1[O-]. The molecule has 1 aromatic rings. The summed E-state index contributed by atoms with van der Waals surface area (Å²) in [5, 5.41) is 14.7. The molecule has 7 nitrogen and oxygen atoms in total. The summed E-state index contributed by atoms with van der Waals surface area (Å²) in [6.07, 6.45) is 33.2. The molecule has 38 heavy (non-hydrogen) atoms. The lowest BCUT2D eigenvalue weighted by molar-refractivity contribution is -0.608. The van der Waals surface area contributed by atoms with Crippen LogP contribution in [0.5, 0.6) is 0 Å². The molecule has 206 valence electrons. The van der Waals surface area contributed by atoms with E-state index in [9.17, 15) is 14.8 Å². The Bertz CT molecular complexity index is 1010. The van der Waals surface area contributed by atoms with Crippen LogP contribution in [0.2, 0.25) is 0 Å². The lowest BCUT2D eigenvalue weighted by Crippen LogP contribution is -2.46. The van der Waals surface area contributed by atoms with E-state index in [0.29, 0.717) is 29.9 Å². The highest BCUT2D eigenvalue weighted by Gasteiger charge is 2.29. The Kier molecular flexibility index (Phi) is 15.1. The number of nitrogens with zero attached hydrogens (tertiary/aromatic N) is 3. The predicted octanol–water partition coefficient (Wildman–Crippen LogP) is 5.67. The fourth-order valence-electron chi connectivity index (χ4n) is 4.21. The number of hydrogen-bond acceptors (Lipinski definition) is 4. The average Bonchev–Trinajstić information content (AvgIpc) is 3.38. The average molecular weight is 521 g/mol. The lowest BCUT2D eigenvalue weighted by Gasteiger charge is -2.25. The summed E-state index contributed by atoms with van der Waals surface area (Å²) in [7, 11) is 0. The summed E-state index contributed by atoms with van der Waals surface area (Å²) >= 11 is 0. The van der Waals surface area contributed by atoms with Gasteiger partial charge in [0, 0.05) is 25.6 Å². The molecule has 0 aliphatic carbocycles. The summed E-state index contributed by atoms with van der Waals surface area (Å²) in [6, 6.07) is -0.0290. The molecule has 0 radical (unpaired) electrons. The van der Waals surface area contributed by atoms with Gasteiger partial charge in [0.05, 0.1) is 0 Å². The van der Waals surface area contributed by atoms with Crippen LogP contribution in [0.15, 0.2) is 73.2 Å². The highest BCUT2D eigenvalue weighted by molar-refractivity contribution is 5.90. The Balaban J connectivity index is 1.57. The van der Waals surface area contributed by atoms with E-state index in [0.717, 1.165) is 57.8 Å². The number of carbonyl (C=O) groups excluding carboxylic acids is 2. The molecular weight excluding hydrogens is 476 g/mol. The van der Waals surface area contributed by atoms with Gasteiger partial charge in [-0.3, -0.25) is 9.59 Å². The topological polar surface area (TPSA) is 89.2 Å². The molecule has 1 saturated heterocycles. The Hall–Kier alpha value is -3.48. The number of unbranched alkanes of at least 4 members (excludes halogenated alkanes) is 1. The molecule has 0 spiro atoms. The minimum absolute atomic E-state index is 0.0290. The number of nitrogens with one attached hydrogen (secondary N) is 1. The molecule has 0 aromatic carbocycles. The van der Waals surface area contributed by atoms with Crippen molar-refractivity contribution in [1.82, 2.24) is 15.2 Å². The van der Waals surface area contributed by atoms with E-state index in [1.807, 2.05) is 4.90 Å². The zero-order valence-corrected chi connectivity index (χ0v) is 23.1. The highest BCUT2D eigenvalue weighted by Crippen LogP contribution is 2.18. The first kappa shape index (κ1) is 30.7. The fraction of sp³-hybridized carbons (Fsp3) is 0.484. The summed E-state index contributed by atoms with van der Waals surface area (Å²) in [4.78, 5) is 31.0. The molecule has 1 aliphatic rings. The molecule has 1 N–H and O–H groups in total. The summed E-state index contributed by atoms with van der Waals surface area (Å²) < 4.78 is 0.532. The third-order valence-corrected chi connectivity index (χ3v) is 6.28. The van der Waals surface area contributed by atoms with Crippen molar-refractivity contribution in [2.24, 2.45) is 0 Å². The van der Waals surface area contributed by atoms with Gasteiger partial charge in [-0.05, 0) is 64.7 Å². The standard InChI is InChI=1S/C31H44N4O3/c1-3-4-5-6-7-8-9-10-11-12-13-14-15-16-17-18-19-22-30(36)34-23-20-21-28(34)24-33-31(37)29-25-32-27(2)26-35(29)38/h4-5,7-8,10-11,13-14,16-17,25-26,28H,3,6,9,12,15,18-24H2,1-2H3,(H,33,37)/t28-/m0/s1. The van der Waals surface area contributed by atoms with Crippen LogP contribution in [-0.4, -0.2) is 40.8 Å². The molecule has 0 saturated carbocycles. The molecule has 2 rings (SSSR count). The van der Waals surface area contributed by atoms with Gasteiger partial charge in [-0.15, -0.1) is 0 Å².